The summed E-state index contributed by atoms with van der Waals surface area (Å²) < 4.78 is 5.09. The topological polar surface area (TPSA) is 49.8 Å². The van der Waals surface area contributed by atoms with Gasteiger partial charge >= 0.3 is 6.09 Å². The van der Waals surface area contributed by atoms with Gasteiger partial charge in [0.25, 0.3) is 0 Å². The second kappa shape index (κ2) is 4.72. The number of hydrogen-bond donors (Lipinski definition) is 1. The van der Waals surface area contributed by atoms with Gasteiger partial charge in [-0.3, -0.25) is 4.90 Å². The molecule has 4 nitrogen and oxygen atoms in total. The van der Waals surface area contributed by atoms with Crippen LogP contribution in [-0.2, 0) is 4.74 Å². The maximum Gasteiger partial charge on any atom is 0.414 e. The lowest BCUT2D eigenvalue weighted by molar-refractivity contribution is 0.122. The molecule has 0 aliphatic carbocycles. The number of aliphatic hydroxyl groups excluding tert-OH is 1. The van der Waals surface area contributed by atoms with Crippen molar-refractivity contribution in [1.82, 2.24) is 0 Å². The van der Waals surface area contributed by atoms with Gasteiger partial charge in [-0.2, -0.15) is 0 Å². The van der Waals surface area contributed by atoms with Crippen molar-refractivity contribution >= 4 is 23.4 Å². The minimum absolute atomic E-state index is 0.0152. The molecular formula is C11H12ClNO3. The van der Waals surface area contributed by atoms with Crippen LogP contribution in [0.1, 0.15) is 6.42 Å². The Morgan fingerprint density at radius 3 is 3.06 bits per heavy atom. The Balaban J connectivity index is 2.13. The highest BCUT2D eigenvalue weighted by atomic mass is 35.5. The van der Waals surface area contributed by atoms with Crippen LogP contribution in [0.5, 0.6) is 0 Å². The fourth-order valence-corrected chi connectivity index (χ4v) is 1.86. The number of halogens is 1. The van der Waals surface area contributed by atoms with Gasteiger partial charge in [0.15, 0.2) is 0 Å². The number of cyclic esters (lactones) is 1. The van der Waals surface area contributed by atoms with E-state index in [1.54, 1.807) is 24.3 Å². The van der Waals surface area contributed by atoms with Crippen molar-refractivity contribution < 1.29 is 14.6 Å². The monoisotopic (exact) mass is 241 g/mol. The van der Waals surface area contributed by atoms with E-state index in [4.69, 9.17) is 21.4 Å². The SMILES string of the molecule is O=C1OC(CCO)CN1c1cccc(Cl)c1. The molecule has 1 unspecified atom stereocenters. The standard InChI is InChI=1S/C11H12ClNO3/c12-8-2-1-3-9(6-8)13-7-10(4-5-14)16-11(13)15/h1-3,6,10,14H,4-5,7H2. The smallest absolute Gasteiger partial charge is 0.414 e. The molecule has 1 aliphatic rings. The Bertz CT molecular complexity index is 397. The van der Waals surface area contributed by atoms with E-state index in [0.717, 1.165) is 5.69 Å². The molecule has 0 aromatic heterocycles. The van der Waals surface area contributed by atoms with E-state index in [9.17, 15) is 4.79 Å². The highest BCUT2D eigenvalue weighted by Crippen LogP contribution is 2.25. The van der Waals surface area contributed by atoms with Gasteiger partial charge in [-0.1, -0.05) is 17.7 Å². The van der Waals surface area contributed by atoms with Crippen LogP contribution < -0.4 is 4.90 Å². The molecule has 1 aliphatic heterocycles. The number of ether oxygens (including phenoxy) is 1. The van der Waals surface area contributed by atoms with Crippen LogP contribution in [0, 0.1) is 0 Å². The minimum Gasteiger partial charge on any atom is -0.444 e. The number of rotatable bonds is 3. The van der Waals surface area contributed by atoms with Crippen molar-refractivity contribution in [3.05, 3.63) is 29.3 Å². The molecule has 0 bridgehead atoms. The number of carbonyl (C=O) groups is 1. The quantitative estimate of drug-likeness (QED) is 0.881. The van der Waals surface area contributed by atoms with E-state index in [1.165, 1.54) is 4.90 Å². The molecule has 1 fully saturated rings. The fraction of sp³-hybridized carbons (Fsp3) is 0.364. The molecule has 1 heterocycles. The zero-order chi connectivity index (χ0) is 11.5. The number of hydrogen-bond acceptors (Lipinski definition) is 3. The van der Waals surface area contributed by atoms with Crippen LogP contribution in [0.15, 0.2) is 24.3 Å². The van der Waals surface area contributed by atoms with Gasteiger partial charge in [-0.15, -0.1) is 0 Å². The van der Waals surface area contributed by atoms with Gasteiger partial charge in [0.05, 0.1) is 6.54 Å². The molecule has 86 valence electrons. The molecule has 0 saturated carbocycles. The van der Waals surface area contributed by atoms with E-state index >= 15 is 0 Å². The predicted octanol–water partition coefficient (Wildman–Crippen LogP) is 2.05. The normalized spacial score (nSPS) is 20.0. The summed E-state index contributed by atoms with van der Waals surface area (Å²) in [6, 6.07) is 7.04. The number of anilines is 1. The summed E-state index contributed by atoms with van der Waals surface area (Å²) in [4.78, 5) is 13.1. The molecule has 1 aromatic rings. The van der Waals surface area contributed by atoms with Gasteiger partial charge in [-0.05, 0) is 18.2 Å². The first-order valence-corrected chi connectivity index (χ1v) is 5.43. The van der Waals surface area contributed by atoms with E-state index in [2.05, 4.69) is 0 Å². The summed E-state index contributed by atoms with van der Waals surface area (Å²) in [5.74, 6) is 0. The number of carbonyl (C=O) groups excluding carboxylic acids is 1. The highest BCUT2D eigenvalue weighted by Gasteiger charge is 2.31. The van der Waals surface area contributed by atoms with Crippen LogP contribution in [0.2, 0.25) is 5.02 Å². The van der Waals surface area contributed by atoms with Crippen molar-refractivity contribution in [2.45, 2.75) is 12.5 Å². The molecule has 1 N–H and O–H groups in total. The molecule has 0 spiro atoms. The minimum atomic E-state index is -0.388. The Hall–Kier alpha value is -1.26. The first kappa shape index (κ1) is 11.2. The van der Waals surface area contributed by atoms with Gasteiger partial charge < -0.3 is 9.84 Å². The third-order valence-electron chi connectivity index (χ3n) is 2.45. The van der Waals surface area contributed by atoms with Gasteiger partial charge in [-0.25, -0.2) is 4.79 Å². The summed E-state index contributed by atoms with van der Waals surface area (Å²) in [6.45, 7) is 0.473. The average molecular weight is 242 g/mol. The largest absolute Gasteiger partial charge is 0.444 e. The van der Waals surface area contributed by atoms with Crippen molar-refractivity contribution in [3.8, 4) is 0 Å². The van der Waals surface area contributed by atoms with Crippen LogP contribution in [0.25, 0.3) is 0 Å². The molecule has 16 heavy (non-hydrogen) atoms. The summed E-state index contributed by atoms with van der Waals surface area (Å²) in [6.07, 6.45) is -0.166. The third kappa shape index (κ3) is 2.28. The van der Waals surface area contributed by atoms with Crippen LogP contribution in [-0.4, -0.2) is 30.5 Å². The maximum absolute atomic E-state index is 11.6. The first-order valence-electron chi connectivity index (χ1n) is 5.05. The number of aliphatic hydroxyl groups is 1. The van der Waals surface area contributed by atoms with Crippen molar-refractivity contribution in [1.29, 1.82) is 0 Å². The van der Waals surface area contributed by atoms with E-state index in [-0.39, 0.29) is 18.8 Å². The molecule has 1 aromatic carbocycles. The van der Waals surface area contributed by atoms with Gasteiger partial charge in [0, 0.05) is 23.7 Å². The highest BCUT2D eigenvalue weighted by molar-refractivity contribution is 6.30. The molecule has 1 atom stereocenters. The lowest BCUT2D eigenvalue weighted by atomic mass is 10.2. The summed E-state index contributed by atoms with van der Waals surface area (Å²) in [5.41, 5.74) is 0.720. The number of benzene rings is 1. The van der Waals surface area contributed by atoms with Crippen molar-refractivity contribution in [2.75, 3.05) is 18.1 Å². The van der Waals surface area contributed by atoms with Crippen LogP contribution in [0.3, 0.4) is 0 Å². The Kier molecular flexibility index (Phi) is 3.31. The van der Waals surface area contributed by atoms with Crippen LogP contribution >= 0.6 is 11.6 Å². The Morgan fingerprint density at radius 2 is 2.38 bits per heavy atom. The summed E-state index contributed by atoms with van der Waals surface area (Å²) >= 11 is 5.85. The van der Waals surface area contributed by atoms with Crippen molar-refractivity contribution in [3.63, 3.8) is 0 Å². The Labute approximate surface area is 98.4 Å². The lowest BCUT2D eigenvalue weighted by Crippen LogP contribution is -2.24. The molecular weight excluding hydrogens is 230 g/mol. The van der Waals surface area contributed by atoms with Crippen LogP contribution in [0.4, 0.5) is 10.5 Å². The molecule has 5 heteroatoms. The Morgan fingerprint density at radius 1 is 1.56 bits per heavy atom. The number of amides is 1. The predicted molar refractivity (Wildman–Crippen MR) is 60.8 cm³/mol. The van der Waals surface area contributed by atoms with E-state index < -0.39 is 0 Å². The fourth-order valence-electron chi connectivity index (χ4n) is 1.67. The van der Waals surface area contributed by atoms with Gasteiger partial charge in [0.2, 0.25) is 0 Å². The zero-order valence-corrected chi connectivity index (χ0v) is 9.35. The van der Waals surface area contributed by atoms with E-state index in [1.807, 2.05) is 0 Å². The third-order valence-corrected chi connectivity index (χ3v) is 2.68. The average Bonchev–Trinajstić information content (AvgIpc) is 2.60. The zero-order valence-electron chi connectivity index (χ0n) is 8.60. The second-order valence-corrected chi connectivity index (χ2v) is 4.04. The van der Waals surface area contributed by atoms with Gasteiger partial charge in [0.1, 0.15) is 6.10 Å². The number of nitrogens with zero attached hydrogens (tertiary/aromatic N) is 1. The summed E-state index contributed by atoms with van der Waals surface area (Å²) in [5, 5.41) is 9.36. The lowest BCUT2D eigenvalue weighted by Gasteiger charge is -2.12. The van der Waals surface area contributed by atoms with E-state index in [0.29, 0.717) is 18.0 Å². The molecule has 1 amide bonds. The first-order chi connectivity index (χ1) is 7.70. The molecule has 2 rings (SSSR count). The molecule has 1 saturated heterocycles. The van der Waals surface area contributed by atoms with Crippen molar-refractivity contribution in [2.24, 2.45) is 0 Å². The maximum atomic E-state index is 11.6. The second-order valence-electron chi connectivity index (χ2n) is 3.61. The molecule has 0 radical (unpaired) electrons. The summed E-state index contributed by atoms with van der Waals surface area (Å²) in [7, 11) is 0.